The zero-order chi connectivity index (χ0) is 24.5. The van der Waals surface area contributed by atoms with Crippen molar-refractivity contribution < 1.29 is 38.5 Å². The van der Waals surface area contributed by atoms with Gasteiger partial charge < -0.3 is 20.3 Å². The monoisotopic (exact) mass is 500 g/mol. The number of likely N-dealkylation sites (tertiary alicyclic amines) is 1. The fourth-order valence-corrected chi connectivity index (χ4v) is 6.27. The molecule has 1 aromatic rings. The maximum Gasteiger partial charge on any atom is 0.328 e. The third-order valence-electron chi connectivity index (χ3n) is 4.87. The highest BCUT2D eigenvalue weighted by molar-refractivity contribution is 8.77. The minimum atomic E-state index is -1.17. The van der Waals surface area contributed by atoms with E-state index in [1.165, 1.54) is 53.8 Å². The van der Waals surface area contributed by atoms with E-state index < -0.39 is 41.7 Å². The van der Waals surface area contributed by atoms with Gasteiger partial charge >= 0.3 is 17.9 Å². The second-order valence-corrected chi connectivity index (χ2v) is 9.84. The number of benzene rings is 1. The number of ether oxygens (including phenoxy) is 1. The number of carboxylic acids is 2. The predicted octanol–water partition coefficient (Wildman–Crippen LogP) is 2.10. The Hall–Kier alpha value is -2.57. The molecule has 0 radical (unpaired) electrons. The highest BCUT2D eigenvalue weighted by Crippen LogP contribution is 2.39. The van der Waals surface area contributed by atoms with Gasteiger partial charge in [0.05, 0.1) is 7.11 Å². The van der Waals surface area contributed by atoms with Crippen LogP contribution in [0.1, 0.15) is 24.9 Å². The van der Waals surface area contributed by atoms with E-state index in [0.717, 1.165) is 6.08 Å². The molecule has 3 N–H and O–H groups in total. The van der Waals surface area contributed by atoms with Crippen molar-refractivity contribution in [3.63, 3.8) is 0 Å². The van der Waals surface area contributed by atoms with Crippen LogP contribution >= 0.6 is 21.6 Å². The van der Waals surface area contributed by atoms with E-state index in [2.05, 4.69) is 5.32 Å². The normalized spacial score (nSPS) is 19.5. The second kappa shape index (κ2) is 12.6. The molecule has 1 aromatic carbocycles. The smallest absolute Gasteiger partial charge is 0.328 e. The molecule has 1 heterocycles. The Balaban J connectivity index is 2.17. The third-order valence-corrected chi connectivity index (χ3v) is 7.76. The van der Waals surface area contributed by atoms with E-state index in [1.54, 1.807) is 11.0 Å². The van der Waals surface area contributed by atoms with E-state index in [9.17, 15) is 33.8 Å². The first-order valence-corrected chi connectivity index (χ1v) is 12.3. The summed E-state index contributed by atoms with van der Waals surface area (Å²) in [6.45, 7) is 1.68. The molecular weight excluding hydrogens is 475 g/mol. The molecule has 3 atom stereocenters. The maximum absolute atomic E-state index is 14.4. The van der Waals surface area contributed by atoms with E-state index in [-0.39, 0.29) is 23.1 Å². The van der Waals surface area contributed by atoms with Crippen molar-refractivity contribution in [3.8, 4) is 0 Å². The molecule has 0 aliphatic carbocycles. The summed E-state index contributed by atoms with van der Waals surface area (Å²) in [5, 5.41) is 20.6. The van der Waals surface area contributed by atoms with Crippen LogP contribution in [0.3, 0.4) is 0 Å². The molecule has 33 heavy (non-hydrogen) atoms. The molecule has 1 aliphatic rings. The highest BCUT2D eigenvalue weighted by Gasteiger charge is 2.36. The van der Waals surface area contributed by atoms with E-state index in [0.29, 0.717) is 18.5 Å². The number of hydrogen-bond donors (Lipinski definition) is 3. The van der Waals surface area contributed by atoms with Gasteiger partial charge in [-0.3, -0.25) is 9.69 Å². The predicted molar refractivity (Wildman–Crippen MR) is 122 cm³/mol. The molecule has 2 rings (SSSR count). The van der Waals surface area contributed by atoms with Crippen LogP contribution in [0.15, 0.2) is 35.9 Å². The van der Waals surface area contributed by atoms with Gasteiger partial charge in [-0.25, -0.2) is 18.8 Å². The summed E-state index contributed by atoms with van der Waals surface area (Å²) >= 11 is 0. The summed E-state index contributed by atoms with van der Waals surface area (Å²) in [4.78, 5) is 48.1. The Morgan fingerprint density at radius 2 is 2.00 bits per heavy atom. The van der Waals surface area contributed by atoms with Crippen LogP contribution in [0.4, 0.5) is 4.39 Å². The third kappa shape index (κ3) is 7.76. The lowest BCUT2D eigenvalue weighted by molar-refractivity contribution is -0.147. The Morgan fingerprint density at radius 3 is 2.58 bits per heavy atom. The van der Waals surface area contributed by atoms with Crippen LogP contribution in [0.2, 0.25) is 0 Å². The minimum Gasteiger partial charge on any atom is -0.480 e. The van der Waals surface area contributed by atoms with Crippen LogP contribution in [-0.2, 0) is 23.9 Å². The summed E-state index contributed by atoms with van der Waals surface area (Å²) in [5.74, 6) is -3.93. The lowest BCUT2D eigenvalue weighted by Gasteiger charge is -2.37. The SMILES string of the molecule is COC(=O)C(c1ccccc1F)N1CCC(SSC[C@H](NC(C)=O)C(=O)O)C(=CC(=O)O)C1. The van der Waals surface area contributed by atoms with Gasteiger partial charge in [0.2, 0.25) is 5.91 Å². The summed E-state index contributed by atoms with van der Waals surface area (Å²) < 4.78 is 19.3. The zero-order valence-corrected chi connectivity index (χ0v) is 19.7. The number of rotatable bonds is 10. The first-order chi connectivity index (χ1) is 15.6. The average Bonchev–Trinajstić information content (AvgIpc) is 2.74. The van der Waals surface area contributed by atoms with Crippen molar-refractivity contribution in [1.29, 1.82) is 0 Å². The summed E-state index contributed by atoms with van der Waals surface area (Å²) in [6.07, 6.45) is 1.50. The first-order valence-electron chi connectivity index (χ1n) is 9.91. The standard InChI is InChI=1S/C21H25FN2O7S2/c1-12(25)23-16(20(28)29)11-32-33-17-7-8-24(10-13(17)9-18(26)27)19(21(30)31-2)14-5-3-4-6-15(14)22/h3-6,9,16-17,19H,7-8,10-11H2,1-2H3,(H,23,25)(H,26,27)(H,28,29)/t16-,17?,19?/m0/s1. The number of piperidine rings is 1. The van der Waals surface area contributed by atoms with Gasteiger partial charge in [0.15, 0.2) is 0 Å². The van der Waals surface area contributed by atoms with Crippen molar-refractivity contribution in [1.82, 2.24) is 10.2 Å². The molecule has 0 bridgehead atoms. The number of nitrogens with one attached hydrogen (secondary N) is 1. The highest BCUT2D eigenvalue weighted by atomic mass is 33.1. The number of hydrogen-bond acceptors (Lipinski definition) is 8. The van der Waals surface area contributed by atoms with Crippen LogP contribution < -0.4 is 5.32 Å². The number of methoxy groups -OCH3 is 1. The largest absolute Gasteiger partial charge is 0.480 e. The number of carbonyl (C=O) groups is 4. The van der Waals surface area contributed by atoms with Crippen molar-refractivity contribution >= 4 is 45.4 Å². The molecule has 9 nitrogen and oxygen atoms in total. The Labute approximate surface area is 198 Å². The molecular formula is C21H25FN2O7S2. The second-order valence-electron chi connectivity index (χ2n) is 7.22. The van der Waals surface area contributed by atoms with Gasteiger partial charge in [0.1, 0.15) is 17.9 Å². The molecule has 1 saturated heterocycles. The summed E-state index contributed by atoms with van der Waals surface area (Å²) in [6, 6.07) is 3.73. The van der Waals surface area contributed by atoms with Gasteiger partial charge in [0, 0.05) is 42.7 Å². The first kappa shape index (κ1) is 26.7. The van der Waals surface area contributed by atoms with Crippen molar-refractivity contribution in [2.45, 2.75) is 30.7 Å². The number of halogens is 1. The van der Waals surface area contributed by atoms with Crippen LogP contribution in [0.25, 0.3) is 0 Å². The van der Waals surface area contributed by atoms with Crippen molar-refractivity contribution in [3.05, 3.63) is 47.3 Å². The molecule has 2 unspecified atom stereocenters. The van der Waals surface area contributed by atoms with Crippen LogP contribution in [0, 0.1) is 5.82 Å². The van der Waals surface area contributed by atoms with Gasteiger partial charge in [-0.15, -0.1) is 0 Å². The topological polar surface area (TPSA) is 133 Å². The van der Waals surface area contributed by atoms with Gasteiger partial charge in [-0.05, 0) is 18.1 Å². The summed E-state index contributed by atoms with van der Waals surface area (Å²) in [5.41, 5.74) is 0.641. The number of carbonyl (C=O) groups excluding carboxylic acids is 2. The number of nitrogens with zero attached hydrogens (tertiary/aromatic N) is 1. The lowest BCUT2D eigenvalue weighted by Crippen LogP contribution is -2.43. The van der Waals surface area contributed by atoms with Gasteiger partial charge in [0.25, 0.3) is 0 Å². The Morgan fingerprint density at radius 1 is 1.30 bits per heavy atom. The number of aliphatic carboxylic acids is 2. The number of carboxylic acid groups (broad SMARTS) is 2. The number of amides is 1. The number of esters is 1. The molecule has 0 saturated carbocycles. The molecule has 1 fully saturated rings. The molecule has 0 aromatic heterocycles. The van der Waals surface area contributed by atoms with Crippen molar-refractivity contribution in [2.24, 2.45) is 0 Å². The Bertz CT molecular complexity index is 928. The van der Waals surface area contributed by atoms with Crippen molar-refractivity contribution in [2.75, 3.05) is 26.0 Å². The molecule has 1 amide bonds. The fourth-order valence-electron chi connectivity index (χ4n) is 3.40. The zero-order valence-electron chi connectivity index (χ0n) is 18.0. The van der Waals surface area contributed by atoms with Crippen LogP contribution in [-0.4, -0.2) is 76.2 Å². The lowest BCUT2D eigenvalue weighted by atomic mass is 9.98. The van der Waals surface area contributed by atoms with E-state index in [4.69, 9.17) is 4.74 Å². The average molecular weight is 501 g/mol. The van der Waals surface area contributed by atoms with E-state index in [1.807, 2.05) is 0 Å². The van der Waals surface area contributed by atoms with E-state index >= 15 is 0 Å². The quantitative estimate of drug-likeness (QED) is 0.249. The molecule has 180 valence electrons. The Kier molecular flexibility index (Phi) is 10.2. The molecule has 0 spiro atoms. The van der Waals surface area contributed by atoms with Gasteiger partial charge in [-0.1, -0.05) is 39.8 Å². The maximum atomic E-state index is 14.4. The molecule has 1 aliphatic heterocycles. The van der Waals surface area contributed by atoms with Gasteiger partial charge in [-0.2, -0.15) is 0 Å². The minimum absolute atomic E-state index is 0.0835. The summed E-state index contributed by atoms with van der Waals surface area (Å²) in [7, 11) is 3.71. The van der Waals surface area contributed by atoms with Crippen LogP contribution in [0.5, 0.6) is 0 Å². The fraction of sp³-hybridized carbons (Fsp3) is 0.429. The molecule has 12 heteroatoms.